The van der Waals surface area contributed by atoms with E-state index in [1.54, 1.807) is 54.0 Å². The molecule has 0 radical (unpaired) electrons. The summed E-state index contributed by atoms with van der Waals surface area (Å²) in [6.07, 6.45) is 8.70. The lowest BCUT2D eigenvalue weighted by atomic mass is 9.85. The van der Waals surface area contributed by atoms with Crippen molar-refractivity contribution < 1.29 is 22.4 Å². The predicted molar refractivity (Wildman–Crippen MR) is 168 cm³/mol. The quantitative estimate of drug-likeness (QED) is 0.215. The molecule has 3 fully saturated rings. The van der Waals surface area contributed by atoms with Gasteiger partial charge < -0.3 is 5.32 Å². The first-order valence-electron chi connectivity index (χ1n) is 15.1. The van der Waals surface area contributed by atoms with Gasteiger partial charge in [0, 0.05) is 80.2 Å². The molecule has 10 nitrogen and oxygen atoms in total. The summed E-state index contributed by atoms with van der Waals surface area (Å²) < 4.78 is 41.6. The zero-order chi connectivity index (χ0) is 32.8. The molecule has 7 rings (SSSR count). The average Bonchev–Trinajstić information content (AvgIpc) is 3.41. The summed E-state index contributed by atoms with van der Waals surface area (Å²) in [7, 11) is -3.85. The maximum absolute atomic E-state index is 14.8. The molecule has 0 bridgehead atoms. The first kappa shape index (κ1) is 30.4. The van der Waals surface area contributed by atoms with Gasteiger partial charge in [0.05, 0.1) is 16.5 Å². The molecule has 0 spiro atoms. The van der Waals surface area contributed by atoms with Gasteiger partial charge in [-0.2, -0.15) is 9.57 Å². The molecule has 47 heavy (non-hydrogen) atoms. The molecule has 2 aromatic heterocycles. The first-order valence-corrected chi connectivity index (χ1v) is 16.5. The van der Waals surface area contributed by atoms with Crippen LogP contribution in [0, 0.1) is 29.0 Å². The van der Waals surface area contributed by atoms with E-state index in [4.69, 9.17) is 0 Å². The highest BCUT2D eigenvalue weighted by Gasteiger charge is 2.65. The van der Waals surface area contributed by atoms with Gasteiger partial charge in [-0.1, -0.05) is 0 Å². The molecule has 2 aliphatic heterocycles. The van der Waals surface area contributed by atoms with Crippen LogP contribution in [-0.4, -0.2) is 64.0 Å². The second-order valence-corrected chi connectivity index (χ2v) is 14.1. The molecule has 0 unspecified atom stereocenters. The average molecular weight is 649 g/mol. The molecular weight excluding hydrogens is 619 g/mol. The second-order valence-electron chi connectivity index (χ2n) is 12.1. The highest BCUT2D eigenvalue weighted by molar-refractivity contribution is 7.89. The molecule has 2 saturated heterocycles. The number of aromatic nitrogens is 2. The van der Waals surface area contributed by atoms with Gasteiger partial charge in [-0.3, -0.25) is 24.5 Å². The van der Waals surface area contributed by atoms with E-state index in [2.05, 4.69) is 15.3 Å². The Balaban J connectivity index is 1.23. The van der Waals surface area contributed by atoms with Crippen molar-refractivity contribution in [1.82, 2.24) is 24.5 Å². The molecule has 4 heterocycles. The number of halogens is 1. The van der Waals surface area contributed by atoms with Gasteiger partial charge in [0.25, 0.3) is 5.91 Å². The lowest BCUT2D eigenvalue weighted by molar-refractivity contribution is -0.132. The number of allylic oxidation sites excluding steroid dienone is 1. The number of carbonyl (C=O) groups excluding carboxylic acids is 2. The van der Waals surface area contributed by atoms with Crippen molar-refractivity contribution in [2.75, 3.05) is 13.1 Å². The Morgan fingerprint density at radius 2 is 1.47 bits per heavy atom. The van der Waals surface area contributed by atoms with Gasteiger partial charge in [0.15, 0.2) is 5.78 Å². The van der Waals surface area contributed by atoms with Crippen molar-refractivity contribution in [3.8, 4) is 6.07 Å². The lowest BCUT2D eigenvalue weighted by Gasteiger charge is -2.28. The van der Waals surface area contributed by atoms with Crippen molar-refractivity contribution in [2.45, 2.75) is 29.3 Å². The number of nitriles is 1. The molecule has 2 aromatic carbocycles. The maximum atomic E-state index is 14.8. The van der Waals surface area contributed by atoms with Gasteiger partial charge >= 0.3 is 0 Å². The molecule has 12 heteroatoms. The van der Waals surface area contributed by atoms with Crippen LogP contribution in [-0.2, 0) is 27.7 Å². The number of benzene rings is 2. The Kier molecular flexibility index (Phi) is 7.66. The topological polar surface area (TPSA) is 136 Å². The van der Waals surface area contributed by atoms with E-state index in [0.29, 0.717) is 29.8 Å². The fourth-order valence-corrected chi connectivity index (χ4v) is 8.32. The standard InChI is InChI=1S/C35H29FN6O4S/c36-27-5-7-28(8-6-27)47(45,46)41-21-29-30(22-41)33(29)42-32(17-31(43)26-3-1-25(20-37)2-4-26)40-35(34(42)44,18-23-9-13-38-14-10-23)19-24-11-15-39-16-12-24/h1-17,29-30,33,40H,18-19,21-22H2/b32-17+/t29-,30+,33+. The minimum atomic E-state index is -3.85. The molecular formula is C35H29FN6O4S. The van der Waals surface area contributed by atoms with Crippen molar-refractivity contribution in [1.29, 1.82) is 5.26 Å². The van der Waals surface area contributed by atoms with Crippen molar-refractivity contribution in [2.24, 2.45) is 11.8 Å². The van der Waals surface area contributed by atoms with Crippen LogP contribution in [0.15, 0.2) is 114 Å². The Labute approximate surface area is 271 Å². The normalized spacial score (nSPS) is 22.5. The fraction of sp³-hybridized carbons (Fsp3) is 0.229. The summed E-state index contributed by atoms with van der Waals surface area (Å²) in [4.78, 5) is 38.2. The van der Waals surface area contributed by atoms with E-state index in [1.807, 2.05) is 30.3 Å². The smallest absolute Gasteiger partial charge is 0.254 e. The number of hydrogen-bond acceptors (Lipinski definition) is 8. The number of ketones is 1. The summed E-state index contributed by atoms with van der Waals surface area (Å²) in [5.74, 6) is -1.03. The van der Waals surface area contributed by atoms with E-state index in [1.165, 1.54) is 22.5 Å². The third-order valence-corrected chi connectivity index (χ3v) is 11.0. The summed E-state index contributed by atoms with van der Waals surface area (Å²) in [6, 6.07) is 20.1. The minimum absolute atomic E-state index is 0.0120. The highest BCUT2D eigenvalue weighted by atomic mass is 32.2. The second kappa shape index (κ2) is 11.8. The zero-order valence-corrected chi connectivity index (χ0v) is 25.8. The van der Waals surface area contributed by atoms with Crippen LogP contribution in [0.1, 0.15) is 27.0 Å². The van der Waals surface area contributed by atoms with Crippen LogP contribution >= 0.6 is 0 Å². The molecule has 1 aliphatic carbocycles. The van der Waals surface area contributed by atoms with Gasteiger partial charge in [-0.15, -0.1) is 0 Å². The van der Waals surface area contributed by atoms with Crippen molar-refractivity contribution >= 4 is 21.7 Å². The number of piperidine rings is 1. The van der Waals surface area contributed by atoms with Gasteiger partial charge in [0.1, 0.15) is 17.2 Å². The van der Waals surface area contributed by atoms with Crippen LogP contribution in [0.25, 0.3) is 0 Å². The third-order valence-electron chi connectivity index (χ3n) is 9.20. The third kappa shape index (κ3) is 5.68. The highest BCUT2D eigenvalue weighted by Crippen LogP contribution is 2.53. The summed E-state index contributed by atoms with van der Waals surface area (Å²) in [5, 5.41) is 12.7. The Morgan fingerprint density at radius 3 is 2.00 bits per heavy atom. The van der Waals surface area contributed by atoms with Gasteiger partial charge in [-0.05, 0) is 83.9 Å². The van der Waals surface area contributed by atoms with E-state index in [-0.39, 0.29) is 47.6 Å². The number of amides is 1. The van der Waals surface area contributed by atoms with Crippen LogP contribution < -0.4 is 5.32 Å². The number of sulfonamides is 1. The van der Waals surface area contributed by atoms with E-state index in [0.717, 1.165) is 23.3 Å². The van der Waals surface area contributed by atoms with Gasteiger partial charge in [0.2, 0.25) is 10.0 Å². The number of hydrogen-bond donors (Lipinski definition) is 1. The van der Waals surface area contributed by atoms with Gasteiger partial charge in [-0.25, -0.2) is 12.8 Å². The number of nitrogens with one attached hydrogen (secondary N) is 1. The van der Waals surface area contributed by atoms with Crippen LogP contribution in [0.2, 0.25) is 0 Å². The number of carbonyl (C=O) groups is 2. The van der Waals surface area contributed by atoms with Crippen LogP contribution in [0.5, 0.6) is 0 Å². The number of rotatable bonds is 9. The SMILES string of the molecule is N#Cc1ccc(C(=O)/C=C2\NC(Cc3ccncc3)(Cc3ccncc3)C(=O)N2[C@H]2[C@@H]3CN(S(=O)(=O)c4ccc(F)cc4)C[C@@H]32)cc1. The summed E-state index contributed by atoms with van der Waals surface area (Å²) >= 11 is 0. The molecule has 236 valence electrons. The van der Waals surface area contributed by atoms with Crippen molar-refractivity contribution in [3.05, 3.63) is 138 Å². The first-order chi connectivity index (χ1) is 22.7. The molecule has 1 saturated carbocycles. The van der Waals surface area contributed by atoms with E-state index in [9.17, 15) is 27.7 Å². The zero-order valence-electron chi connectivity index (χ0n) is 25.0. The lowest BCUT2D eigenvalue weighted by Crippen LogP contribution is -2.51. The largest absolute Gasteiger partial charge is 0.357 e. The summed E-state index contributed by atoms with van der Waals surface area (Å²) in [6.45, 7) is 0.384. The van der Waals surface area contributed by atoms with Crippen molar-refractivity contribution in [3.63, 3.8) is 0 Å². The molecule has 4 aromatic rings. The predicted octanol–water partition coefficient (Wildman–Crippen LogP) is 3.49. The number of fused-ring (bicyclic) bond motifs is 1. The maximum Gasteiger partial charge on any atom is 0.254 e. The summed E-state index contributed by atoms with van der Waals surface area (Å²) in [5.41, 5.74) is 1.38. The van der Waals surface area contributed by atoms with E-state index < -0.39 is 21.4 Å². The Bertz CT molecular complexity index is 1960. The molecule has 1 N–H and O–H groups in total. The monoisotopic (exact) mass is 648 g/mol. The van der Waals surface area contributed by atoms with Crippen LogP contribution in [0.4, 0.5) is 4.39 Å². The molecule has 3 atom stereocenters. The Morgan fingerprint density at radius 1 is 0.915 bits per heavy atom. The Hall–Kier alpha value is -5.25. The number of nitrogens with zero attached hydrogens (tertiary/aromatic N) is 5. The minimum Gasteiger partial charge on any atom is -0.357 e. The molecule has 3 aliphatic rings. The number of pyridine rings is 2. The van der Waals surface area contributed by atoms with E-state index >= 15 is 0 Å². The van der Waals surface area contributed by atoms with Crippen LogP contribution in [0.3, 0.4) is 0 Å². The molecule has 1 amide bonds. The fourth-order valence-electron chi connectivity index (χ4n) is 6.81.